The van der Waals surface area contributed by atoms with Crippen LogP contribution in [0.4, 0.5) is 4.39 Å². The van der Waals surface area contributed by atoms with Gasteiger partial charge in [-0.1, -0.05) is 30.3 Å². The van der Waals surface area contributed by atoms with Crippen molar-refractivity contribution < 1.29 is 4.39 Å². The summed E-state index contributed by atoms with van der Waals surface area (Å²) in [7, 11) is 4.10. The minimum Gasteiger partial charge on any atom is -0.353 e. The summed E-state index contributed by atoms with van der Waals surface area (Å²) in [5.41, 5.74) is 8.86. The normalized spacial score (nSPS) is 11.7. The fraction of sp³-hybridized carbons (Fsp3) is 0.103. The van der Waals surface area contributed by atoms with Gasteiger partial charge in [0.25, 0.3) is 0 Å². The van der Waals surface area contributed by atoms with Crippen molar-refractivity contribution in [3.8, 4) is 33.6 Å². The zero-order valence-corrected chi connectivity index (χ0v) is 19.5. The summed E-state index contributed by atoms with van der Waals surface area (Å²) in [4.78, 5) is 10.1. The summed E-state index contributed by atoms with van der Waals surface area (Å²) in [6, 6.07) is 23.3. The van der Waals surface area contributed by atoms with Gasteiger partial charge in [-0.3, -0.25) is 10.1 Å². The molecule has 0 bridgehead atoms. The van der Waals surface area contributed by atoms with Gasteiger partial charge in [0.2, 0.25) is 0 Å². The monoisotopic (exact) mass is 461 g/mol. The third kappa shape index (κ3) is 3.98. The van der Waals surface area contributed by atoms with E-state index >= 15 is 0 Å². The summed E-state index contributed by atoms with van der Waals surface area (Å²) in [6.45, 7) is 0.836. The van der Waals surface area contributed by atoms with Crippen LogP contribution in [0.3, 0.4) is 0 Å². The molecule has 0 spiro atoms. The van der Waals surface area contributed by atoms with Crippen molar-refractivity contribution >= 4 is 21.8 Å². The lowest BCUT2D eigenvalue weighted by molar-refractivity contribution is 0.402. The molecule has 0 aliphatic heterocycles. The van der Waals surface area contributed by atoms with Crippen molar-refractivity contribution in [3.05, 3.63) is 96.6 Å². The number of rotatable bonds is 5. The van der Waals surface area contributed by atoms with Crippen molar-refractivity contribution in [2.24, 2.45) is 0 Å². The number of pyridine rings is 1. The number of nitrogens with one attached hydrogen (secondary N) is 2. The van der Waals surface area contributed by atoms with Gasteiger partial charge < -0.3 is 9.88 Å². The van der Waals surface area contributed by atoms with Crippen LogP contribution in [0.1, 0.15) is 5.56 Å². The molecule has 6 heteroatoms. The highest BCUT2D eigenvalue weighted by Crippen LogP contribution is 2.35. The zero-order valence-electron chi connectivity index (χ0n) is 19.5. The molecule has 0 amide bonds. The lowest BCUT2D eigenvalue weighted by Gasteiger charge is -2.10. The highest BCUT2D eigenvalue weighted by Gasteiger charge is 2.15. The van der Waals surface area contributed by atoms with Gasteiger partial charge in [-0.05, 0) is 78.8 Å². The highest BCUT2D eigenvalue weighted by molar-refractivity contribution is 6.01. The average molecular weight is 462 g/mol. The minimum atomic E-state index is -0.245. The van der Waals surface area contributed by atoms with Gasteiger partial charge in [0, 0.05) is 40.8 Å². The van der Waals surface area contributed by atoms with Crippen LogP contribution < -0.4 is 0 Å². The van der Waals surface area contributed by atoms with Gasteiger partial charge in [0.05, 0.1) is 11.2 Å². The number of benzene rings is 3. The molecule has 6 aromatic rings. The summed E-state index contributed by atoms with van der Waals surface area (Å²) in [5.74, 6) is -0.245. The molecule has 3 heterocycles. The molecule has 3 aromatic carbocycles. The van der Waals surface area contributed by atoms with Crippen LogP contribution in [0.15, 0.2) is 85.2 Å². The number of aromatic amines is 2. The predicted octanol–water partition coefficient (Wildman–Crippen LogP) is 6.64. The number of halogens is 1. The second kappa shape index (κ2) is 8.49. The molecule has 6 rings (SSSR count). The lowest BCUT2D eigenvalue weighted by atomic mass is 10.0. The summed E-state index contributed by atoms with van der Waals surface area (Å²) < 4.78 is 13.9. The van der Waals surface area contributed by atoms with Crippen LogP contribution in [-0.4, -0.2) is 39.2 Å². The van der Waals surface area contributed by atoms with E-state index in [4.69, 9.17) is 0 Å². The Bertz CT molecular complexity index is 1680. The Hall–Kier alpha value is -4.29. The maximum absolute atomic E-state index is 13.9. The molecular weight excluding hydrogens is 437 g/mol. The van der Waals surface area contributed by atoms with Crippen molar-refractivity contribution in [2.45, 2.75) is 6.54 Å². The van der Waals surface area contributed by atoms with Crippen molar-refractivity contribution in [1.82, 2.24) is 25.1 Å². The van der Waals surface area contributed by atoms with E-state index < -0.39 is 0 Å². The number of H-pyrrole nitrogens is 2. The molecule has 35 heavy (non-hydrogen) atoms. The van der Waals surface area contributed by atoms with Crippen LogP contribution >= 0.6 is 0 Å². The quantitative estimate of drug-likeness (QED) is 0.302. The summed E-state index contributed by atoms with van der Waals surface area (Å²) >= 11 is 0. The van der Waals surface area contributed by atoms with Gasteiger partial charge in [-0.15, -0.1) is 0 Å². The number of hydrogen-bond donors (Lipinski definition) is 2. The van der Waals surface area contributed by atoms with Crippen LogP contribution in [0.2, 0.25) is 0 Å². The Labute approximate surface area is 202 Å². The Balaban J connectivity index is 1.45. The third-order valence-corrected chi connectivity index (χ3v) is 6.24. The first-order valence-corrected chi connectivity index (χ1v) is 11.5. The Morgan fingerprint density at radius 3 is 2.54 bits per heavy atom. The number of nitrogens with zero attached hydrogens (tertiary/aromatic N) is 3. The Morgan fingerprint density at radius 2 is 1.69 bits per heavy atom. The molecule has 0 aliphatic rings. The fourth-order valence-corrected chi connectivity index (χ4v) is 4.69. The maximum Gasteiger partial charge on any atom is 0.123 e. The number of aromatic nitrogens is 4. The fourth-order valence-electron chi connectivity index (χ4n) is 4.69. The molecule has 0 atom stereocenters. The largest absolute Gasteiger partial charge is 0.353 e. The zero-order chi connectivity index (χ0) is 23.9. The molecule has 0 unspecified atom stereocenters. The molecule has 2 N–H and O–H groups in total. The average Bonchev–Trinajstić information content (AvgIpc) is 3.47. The van der Waals surface area contributed by atoms with Crippen molar-refractivity contribution in [3.63, 3.8) is 0 Å². The lowest BCUT2D eigenvalue weighted by Crippen LogP contribution is -2.10. The third-order valence-electron chi connectivity index (χ3n) is 6.24. The molecule has 0 fully saturated rings. The first kappa shape index (κ1) is 21.3. The van der Waals surface area contributed by atoms with Gasteiger partial charge in [-0.25, -0.2) is 4.39 Å². The van der Waals surface area contributed by atoms with E-state index in [0.717, 1.165) is 62.0 Å². The van der Waals surface area contributed by atoms with Crippen LogP contribution in [0.25, 0.3) is 55.4 Å². The summed E-state index contributed by atoms with van der Waals surface area (Å²) in [5, 5.41) is 9.85. The van der Waals surface area contributed by atoms with E-state index in [1.165, 1.54) is 11.6 Å². The van der Waals surface area contributed by atoms with Crippen LogP contribution in [0, 0.1) is 5.82 Å². The number of hydrogen-bond acceptors (Lipinski definition) is 3. The molecule has 0 aliphatic carbocycles. The van der Waals surface area contributed by atoms with E-state index in [9.17, 15) is 4.39 Å². The Morgan fingerprint density at radius 1 is 0.800 bits per heavy atom. The second-order valence-electron chi connectivity index (χ2n) is 9.11. The molecule has 172 valence electrons. The van der Waals surface area contributed by atoms with Gasteiger partial charge in [0.1, 0.15) is 11.5 Å². The van der Waals surface area contributed by atoms with Gasteiger partial charge >= 0.3 is 0 Å². The van der Waals surface area contributed by atoms with E-state index in [-0.39, 0.29) is 5.82 Å². The Kier molecular flexibility index (Phi) is 5.16. The van der Waals surface area contributed by atoms with E-state index in [0.29, 0.717) is 0 Å². The molecule has 3 aromatic heterocycles. The second-order valence-corrected chi connectivity index (χ2v) is 9.11. The molecule has 5 nitrogen and oxygen atoms in total. The van der Waals surface area contributed by atoms with Crippen LogP contribution in [0.5, 0.6) is 0 Å². The first-order chi connectivity index (χ1) is 17.0. The molecule has 0 saturated carbocycles. The molecule has 0 saturated heterocycles. The summed E-state index contributed by atoms with van der Waals surface area (Å²) in [6.07, 6.45) is 3.81. The highest BCUT2D eigenvalue weighted by atomic mass is 19.1. The van der Waals surface area contributed by atoms with Gasteiger partial charge in [-0.2, -0.15) is 5.10 Å². The number of fused-ring (bicyclic) bond motifs is 2. The molecule has 0 radical (unpaired) electrons. The van der Waals surface area contributed by atoms with Crippen molar-refractivity contribution in [1.29, 1.82) is 0 Å². The first-order valence-electron chi connectivity index (χ1n) is 11.5. The van der Waals surface area contributed by atoms with E-state index in [1.54, 1.807) is 12.1 Å². The predicted molar refractivity (Wildman–Crippen MR) is 139 cm³/mol. The van der Waals surface area contributed by atoms with E-state index in [1.807, 2.05) is 36.7 Å². The van der Waals surface area contributed by atoms with Crippen LogP contribution in [-0.2, 0) is 6.54 Å². The smallest absolute Gasteiger partial charge is 0.123 e. The van der Waals surface area contributed by atoms with Gasteiger partial charge in [0.15, 0.2) is 0 Å². The topological polar surface area (TPSA) is 60.6 Å². The maximum atomic E-state index is 13.9. The SMILES string of the molecule is CN(C)Cc1cncc(-c2ccc3[nH]nc(-c4cc5c(-c6cccc(F)c6)cccc5[nH]4)c3c2)c1. The van der Waals surface area contributed by atoms with E-state index in [2.05, 4.69) is 69.5 Å². The molecular formula is C29H24FN5. The minimum absolute atomic E-state index is 0.245. The van der Waals surface area contributed by atoms with Crippen molar-refractivity contribution in [2.75, 3.05) is 14.1 Å². The standard InChI is InChI=1S/C29H24FN5/c1-35(2)17-18-11-21(16-31-15-18)19-9-10-27-25(13-19)29(34-33-27)28-14-24-23(7-4-8-26(24)32-28)20-5-3-6-22(30)12-20/h3-16,32H,17H2,1-2H3,(H,33,34).